The van der Waals surface area contributed by atoms with Gasteiger partial charge in [0.15, 0.2) is 11.6 Å². The zero-order valence-electron chi connectivity index (χ0n) is 7.57. The second-order valence-corrected chi connectivity index (χ2v) is 2.82. The Balaban J connectivity index is 2.32. The Kier molecular flexibility index (Phi) is 2.14. The van der Waals surface area contributed by atoms with Crippen molar-refractivity contribution in [3.05, 3.63) is 41.6 Å². The average Bonchev–Trinajstić information content (AvgIpc) is 2.47. The largest absolute Gasteiger partial charge is 0.407 e. The molecule has 0 spiro atoms. The molecule has 0 bridgehead atoms. The first kappa shape index (κ1) is 8.69. The smallest absolute Gasteiger partial charge is 0.363 e. The zero-order valence-corrected chi connectivity index (χ0v) is 7.57. The van der Waals surface area contributed by atoms with Crippen LogP contribution >= 0.6 is 0 Å². The summed E-state index contributed by atoms with van der Waals surface area (Å²) in [6.07, 6.45) is 1.66. The van der Waals surface area contributed by atoms with Crippen LogP contribution in [0.15, 0.2) is 28.9 Å². The lowest BCUT2D eigenvalue weighted by Crippen LogP contribution is -1.99. The lowest BCUT2D eigenvalue weighted by Gasteiger charge is -1.91. The first-order valence-corrected chi connectivity index (χ1v) is 4.12. The first-order valence-electron chi connectivity index (χ1n) is 4.12. The van der Waals surface area contributed by atoms with Gasteiger partial charge >= 0.3 is 5.97 Å². The molecular weight excluding hydrogens is 178 g/mol. The minimum absolute atomic E-state index is 0.321. The summed E-state index contributed by atoms with van der Waals surface area (Å²) in [4.78, 5) is 15.1. The Morgan fingerprint density at radius 3 is 2.93 bits per heavy atom. The van der Waals surface area contributed by atoms with E-state index < -0.39 is 5.97 Å². The van der Waals surface area contributed by atoms with E-state index in [9.17, 15) is 4.79 Å². The van der Waals surface area contributed by atoms with Crippen LogP contribution in [-0.2, 0) is 9.53 Å². The van der Waals surface area contributed by atoms with Crippen LogP contribution in [0.3, 0.4) is 0 Å². The number of benzene rings is 1. The molecule has 0 N–H and O–H groups in total. The Morgan fingerprint density at radius 1 is 1.50 bits per heavy atom. The predicted octanol–water partition coefficient (Wildman–Crippen LogP) is 1.60. The molecular formula is C11H7NO2. The first-order chi connectivity index (χ1) is 6.75. The lowest BCUT2D eigenvalue weighted by molar-refractivity contribution is -0.130. The average molecular weight is 185 g/mol. The summed E-state index contributed by atoms with van der Waals surface area (Å²) in [5.41, 5.74) is 1.18. The van der Waals surface area contributed by atoms with Gasteiger partial charge in [0.25, 0.3) is 0 Å². The molecule has 0 atom stereocenters. The molecule has 0 amide bonds. The summed E-state index contributed by atoms with van der Waals surface area (Å²) in [6.45, 7) is 1.64. The monoisotopic (exact) mass is 185 g/mol. The van der Waals surface area contributed by atoms with Crippen LogP contribution in [0.25, 0.3) is 6.08 Å². The van der Waals surface area contributed by atoms with Crippen LogP contribution < -0.4 is 0 Å². The third kappa shape index (κ3) is 1.71. The van der Waals surface area contributed by atoms with Crippen molar-refractivity contribution >= 4 is 17.9 Å². The number of aliphatic imine (C=N–C) groups is 1. The van der Waals surface area contributed by atoms with Gasteiger partial charge in [-0.2, -0.15) is 0 Å². The minimum Gasteiger partial charge on any atom is -0.407 e. The second-order valence-electron chi connectivity index (χ2n) is 2.82. The Morgan fingerprint density at radius 2 is 2.36 bits per heavy atom. The number of nitrogens with zero attached hydrogens (tertiary/aromatic N) is 1. The Hall–Kier alpha value is -1.90. The minimum atomic E-state index is -0.407. The molecule has 1 aromatic carbocycles. The van der Waals surface area contributed by atoms with E-state index in [-0.39, 0.29) is 0 Å². The number of rotatable bonds is 1. The molecule has 2 rings (SSSR count). The van der Waals surface area contributed by atoms with Crippen molar-refractivity contribution in [3.8, 4) is 0 Å². The van der Waals surface area contributed by atoms with Gasteiger partial charge in [-0.05, 0) is 29.8 Å². The normalized spacial score (nSPS) is 18.2. The molecule has 0 fully saturated rings. The van der Waals surface area contributed by atoms with E-state index in [0.717, 1.165) is 5.56 Å². The quantitative estimate of drug-likeness (QED) is 0.492. The molecule has 68 valence electrons. The van der Waals surface area contributed by atoms with E-state index in [1.165, 1.54) is 0 Å². The van der Waals surface area contributed by atoms with Crippen molar-refractivity contribution in [2.75, 3.05) is 0 Å². The van der Waals surface area contributed by atoms with E-state index in [1.807, 2.05) is 6.07 Å². The highest BCUT2D eigenvalue weighted by atomic mass is 16.6. The molecule has 0 saturated carbocycles. The van der Waals surface area contributed by atoms with Gasteiger partial charge in [0.2, 0.25) is 0 Å². The maximum atomic E-state index is 11.2. The molecule has 0 saturated heterocycles. The van der Waals surface area contributed by atoms with Crippen LogP contribution in [0.1, 0.15) is 12.5 Å². The number of carbonyl (C=O) groups is 1. The van der Waals surface area contributed by atoms with Gasteiger partial charge in [0.05, 0.1) is 0 Å². The summed E-state index contributed by atoms with van der Waals surface area (Å²) in [5.74, 6) is -0.0249. The van der Waals surface area contributed by atoms with Crippen molar-refractivity contribution in [3.63, 3.8) is 0 Å². The van der Waals surface area contributed by atoms with Crippen molar-refractivity contribution in [2.45, 2.75) is 6.92 Å². The van der Waals surface area contributed by atoms with Crippen LogP contribution in [0.4, 0.5) is 0 Å². The van der Waals surface area contributed by atoms with Gasteiger partial charge in [-0.3, -0.25) is 0 Å². The molecule has 1 heterocycles. The molecule has 3 heteroatoms. The number of hydrogen-bond donors (Lipinski definition) is 0. The molecule has 2 radical (unpaired) electrons. The maximum Gasteiger partial charge on any atom is 0.363 e. The molecule has 0 unspecified atom stereocenters. The van der Waals surface area contributed by atoms with Crippen LogP contribution in [0.5, 0.6) is 0 Å². The fourth-order valence-electron chi connectivity index (χ4n) is 1.12. The summed E-state index contributed by atoms with van der Waals surface area (Å²) >= 11 is 0. The molecule has 1 aliphatic rings. The Labute approximate surface area is 81.7 Å². The number of ether oxygens (including phenoxy) is 1. The fourth-order valence-corrected chi connectivity index (χ4v) is 1.12. The van der Waals surface area contributed by atoms with Crippen LogP contribution in [0, 0.1) is 12.1 Å². The summed E-state index contributed by atoms with van der Waals surface area (Å²) in [7, 11) is 0. The standard InChI is InChI=1S/C11H7NO2/c1-8-12-10(11(13)14-8)7-9-5-3-2-4-6-9/h3,5-7H,1H3/b10-7-. The van der Waals surface area contributed by atoms with Crippen molar-refractivity contribution in [2.24, 2.45) is 4.99 Å². The molecule has 0 aromatic heterocycles. The topological polar surface area (TPSA) is 38.7 Å². The van der Waals surface area contributed by atoms with Gasteiger partial charge in [-0.1, -0.05) is 12.1 Å². The third-order valence-corrected chi connectivity index (χ3v) is 1.71. The van der Waals surface area contributed by atoms with E-state index in [2.05, 4.69) is 17.1 Å². The number of carbonyl (C=O) groups excluding carboxylic acids is 1. The van der Waals surface area contributed by atoms with Crippen LogP contribution in [0.2, 0.25) is 0 Å². The van der Waals surface area contributed by atoms with Gasteiger partial charge in [0, 0.05) is 6.92 Å². The van der Waals surface area contributed by atoms with Gasteiger partial charge in [-0.25, -0.2) is 9.79 Å². The number of esters is 1. The molecule has 14 heavy (non-hydrogen) atoms. The highest BCUT2D eigenvalue weighted by molar-refractivity contribution is 6.06. The molecule has 0 aliphatic carbocycles. The molecule has 3 nitrogen and oxygen atoms in total. The summed E-state index contributed by atoms with van der Waals surface area (Å²) in [6, 6.07) is 10.8. The Bertz CT molecular complexity index is 418. The van der Waals surface area contributed by atoms with Crippen LogP contribution in [-0.4, -0.2) is 11.9 Å². The van der Waals surface area contributed by atoms with E-state index in [4.69, 9.17) is 4.74 Å². The fraction of sp³-hybridized carbons (Fsp3) is 0.0909. The van der Waals surface area contributed by atoms with E-state index >= 15 is 0 Å². The lowest BCUT2D eigenvalue weighted by atomic mass is 10.2. The number of hydrogen-bond acceptors (Lipinski definition) is 3. The third-order valence-electron chi connectivity index (χ3n) is 1.71. The van der Waals surface area contributed by atoms with Gasteiger partial charge in [-0.15, -0.1) is 0 Å². The maximum absolute atomic E-state index is 11.2. The highest BCUT2D eigenvalue weighted by Gasteiger charge is 2.19. The molecule has 1 aliphatic heterocycles. The second kappa shape index (κ2) is 3.46. The SMILES string of the molecule is CC1=N/C(=C\c2c[c][c]cc2)C(=O)O1. The van der Waals surface area contributed by atoms with Crippen molar-refractivity contribution in [1.82, 2.24) is 0 Å². The highest BCUT2D eigenvalue weighted by Crippen LogP contribution is 2.14. The van der Waals surface area contributed by atoms with E-state index in [1.54, 1.807) is 25.1 Å². The van der Waals surface area contributed by atoms with Crippen molar-refractivity contribution < 1.29 is 9.53 Å². The number of cyclic esters (lactones) is 1. The summed E-state index contributed by atoms with van der Waals surface area (Å²) < 4.78 is 4.77. The summed E-state index contributed by atoms with van der Waals surface area (Å²) in [5, 5.41) is 0. The predicted molar refractivity (Wildman–Crippen MR) is 51.3 cm³/mol. The van der Waals surface area contributed by atoms with Crippen molar-refractivity contribution in [1.29, 1.82) is 0 Å². The van der Waals surface area contributed by atoms with Gasteiger partial charge < -0.3 is 4.74 Å². The zero-order chi connectivity index (χ0) is 9.97. The van der Waals surface area contributed by atoms with E-state index in [0.29, 0.717) is 11.6 Å². The molecule has 1 aromatic rings. The van der Waals surface area contributed by atoms with Gasteiger partial charge in [0.1, 0.15) is 0 Å².